The molecular weight excluding hydrogens is 336 g/mol. The molecule has 5 nitrogen and oxygen atoms in total. The normalized spacial score (nSPS) is 18.4. The van der Waals surface area contributed by atoms with E-state index in [2.05, 4.69) is 20.8 Å². The smallest absolute Gasteiger partial charge is 0.206 e. The number of carbonyl (C=O) groups excluding carboxylic acids is 1. The fourth-order valence-electron chi connectivity index (χ4n) is 2.32. The van der Waals surface area contributed by atoms with Gasteiger partial charge in [-0.3, -0.25) is 10.2 Å². The number of hydrazone groups is 1. The molecule has 3 aromatic rings. The van der Waals surface area contributed by atoms with Crippen molar-refractivity contribution in [3.05, 3.63) is 95.9 Å². The predicted octanol–water partition coefficient (Wildman–Crippen LogP) is 5.51. The van der Waals surface area contributed by atoms with Crippen LogP contribution in [0.5, 0.6) is 0 Å². The van der Waals surface area contributed by atoms with Gasteiger partial charge >= 0.3 is 0 Å². The average molecular weight is 358 g/mol. The number of anilines is 1. The molecule has 0 aliphatic heterocycles. The van der Waals surface area contributed by atoms with E-state index < -0.39 is 42.1 Å². The molecule has 130 valence electrons. The monoisotopic (exact) mass is 358 g/mol. The Morgan fingerprint density at radius 1 is 0.815 bits per heavy atom. The van der Waals surface area contributed by atoms with Crippen molar-refractivity contribution in [2.75, 3.05) is 5.43 Å². The van der Waals surface area contributed by atoms with Crippen LogP contribution in [0.1, 0.15) is 19.4 Å². The van der Waals surface area contributed by atoms with Crippen molar-refractivity contribution in [2.24, 2.45) is 15.3 Å². The Labute approximate surface area is 165 Å². The fraction of sp³-hybridized carbons (Fsp3) is 0. The minimum atomic E-state index is -0.904. The highest BCUT2D eigenvalue weighted by Gasteiger charge is 2.18. The van der Waals surface area contributed by atoms with Gasteiger partial charge in [-0.05, 0) is 48.0 Å². The van der Waals surface area contributed by atoms with Crippen LogP contribution < -0.4 is 5.43 Å². The summed E-state index contributed by atoms with van der Waals surface area (Å²) in [5.41, 5.74) is 3.67. The lowest BCUT2D eigenvalue weighted by molar-refractivity contribution is -0.108. The van der Waals surface area contributed by atoms with Crippen LogP contribution in [0.25, 0.3) is 6.05 Å². The molecule has 0 bridgehead atoms. The molecule has 0 amide bonds. The molecule has 0 radical (unpaired) electrons. The van der Waals surface area contributed by atoms with Crippen LogP contribution in [-0.4, -0.2) is 11.5 Å². The summed E-state index contributed by atoms with van der Waals surface area (Å²) in [5, 5.41) is 12.3. The van der Waals surface area contributed by atoms with Gasteiger partial charge < -0.3 is 0 Å². The van der Waals surface area contributed by atoms with Gasteiger partial charge in [0.1, 0.15) is 5.71 Å². The number of hydrogen-bond acceptors (Lipinski definition) is 5. The van der Waals surface area contributed by atoms with E-state index in [1.54, 1.807) is 24.3 Å². The van der Waals surface area contributed by atoms with Gasteiger partial charge in [-0.25, -0.2) is 0 Å². The van der Waals surface area contributed by atoms with Crippen LogP contribution in [0.3, 0.4) is 0 Å². The van der Waals surface area contributed by atoms with E-state index in [9.17, 15) is 4.79 Å². The number of hydrogen-bond donors (Lipinski definition) is 1. The molecule has 0 heterocycles. The minimum Gasteiger partial charge on any atom is -0.287 e. The van der Waals surface area contributed by atoms with E-state index in [1.165, 1.54) is 0 Å². The number of carbonyl (C=O) groups is 1. The van der Waals surface area contributed by atoms with Crippen molar-refractivity contribution in [3.63, 3.8) is 0 Å². The molecule has 0 atom stereocenters. The van der Waals surface area contributed by atoms with E-state index in [0.29, 0.717) is 17.1 Å². The number of rotatable bonds is 4. The van der Waals surface area contributed by atoms with E-state index in [4.69, 9.17) is 8.22 Å². The second-order valence-corrected chi connectivity index (χ2v) is 5.48. The fourth-order valence-corrected chi connectivity index (χ4v) is 2.32. The Morgan fingerprint density at radius 3 is 2.30 bits per heavy atom. The molecule has 0 saturated heterocycles. The molecule has 3 aromatic carbocycles. The number of allylic oxidation sites excluding steroid dienone is 1. The number of benzene rings is 3. The van der Waals surface area contributed by atoms with Gasteiger partial charge in [-0.15, -0.1) is 0 Å². The average Bonchev–Trinajstić information content (AvgIpc) is 2.84. The first-order valence-electron chi connectivity index (χ1n) is 11.0. The lowest BCUT2D eigenvalue weighted by Gasteiger charge is -2.12. The molecule has 27 heavy (non-hydrogen) atoms. The number of fused-ring (bicyclic) bond motifs is 1. The molecule has 5 heteroatoms. The van der Waals surface area contributed by atoms with Crippen molar-refractivity contribution in [1.82, 2.24) is 0 Å². The van der Waals surface area contributed by atoms with Gasteiger partial charge in [0.15, 0.2) is 0 Å². The lowest BCUT2D eigenvalue weighted by Crippen LogP contribution is -2.19. The maximum atomic E-state index is 12.6. The zero-order chi connectivity index (χ0) is 23.7. The first-order valence-corrected chi connectivity index (χ1v) is 8.03. The predicted molar refractivity (Wildman–Crippen MR) is 108 cm³/mol. The highest BCUT2D eigenvalue weighted by Crippen LogP contribution is 2.21. The van der Waals surface area contributed by atoms with Crippen LogP contribution >= 0.6 is 0 Å². The molecule has 0 spiro atoms. The first kappa shape index (κ1) is 11.0. The number of nitrogens with zero attached hydrogens (tertiary/aromatic N) is 3. The summed E-state index contributed by atoms with van der Waals surface area (Å²) in [6, 6.07) is 12.5. The summed E-state index contributed by atoms with van der Waals surface area (Å²) >= 11 is 0. The van der Waals surface area contributed by atoms with Gasteiger partial charge in [0.2, 0.25) is 5.78 Å². The Balaban J connectivity index is 1.65. The quantitative estimate of drug-likeness (QED) is 0.493. The van der Waals surface area contributed by atoms with Gasteiger partial charge in [0.05, 0.1) is 25.3 Å². The number of ketones is 1. The molecule has 1 aliphatic carbocycles. The first-order chi connectivity index (χ1) is 15.8. The summed E-state index contributed by atoms with van der Waals surface area (Å²) in [4.78, 5) is 12.6. The van der Waals surface area contributed by atoms with Gasteiger partial charge in [0, 0.05) is 5.56 Å². The molecule has 0 unspecified atom stereocenters. The Kier molecular flexibility index (Phi) is 3.08. The summed E-state index contributed by atoms with van der Waals surface area (Å²) in [6.45, 7) is 0. The summed E-state index contributed by atoms with van der Waals surface area (Å²) in [7, 11) is 0. The van der Waals surface area contributed by atoms with E-state index in [0.717, 1.165) is 0 Å². The second kappa shape index (κ2) is 7.58. The lowest BCUT2D eigenvalue weighted by atomic mass is 9.95. The van der Waals surface area contributed by atoms with Gasteiger partial charge in [-0.1, -0.05) is 48.4 Å². The molecule has 1 N–H and O–H groups in total. The van der Waals surface area contributed by atoms with E-state index in [-0.39, 0.29) is 16.8 Å². The van der Waals surface area contributed by atoms with Crippen molar-refractivity contribution >= 4 is 34.6 Å². The molecule has 0 fully saturated rings. The van der Waals surface area contributed by atoms with Crippen molar-refractivity contribution < 1.29 is 13.0 Å². The molecule has 0 saturated carbocycles. The second-order valence-electron chi connectivity index (χ2n) is 5.48. The maximum Gasteiger partial charge on any atom is 0.206 e. The highest BCUT2D eigenvalue weighted by atomic mass is 16.1. The SMILES string of the molecule is [2H]C1=C([2H])c2c([2H])c([2H])c([2H])c([2H])c2/C(=N\Nc2ccc(N=Nc3ccccc3)cc2)C1=O. The van der Waals surface area contributed by atoms with E-state index in [1.807, 2.05) is 30.3 Å². The van der Waals surface area contributed by atoms with Crippen molar-refractivity contribution in [3.8, 4) is 0 Å². The van der Waals surface area contributed by atoms with Crippen LogP contribution in [0.15, 0.2) is 100 Å². The summed E-state index contributed by atoms with van der Waals surface area (Å²) < 4.78 is 47.9. The van der Waals surface area contributed by atoms with Crippen LogP contribution in [0, 0.1) is 0 Å². The Bertz CT molecular complexity index is 1350. The zero-order valence-corrected chi connectivity index (χ0v) is 13.9. The number of azo groups is 1. The minimum absolute atomic E-state index is 0.201. The molecule has 4 rings (SSSR count). The van der Waals surface area contributed by atoms with Crippen LogP contribution in [0.4, 0.5) is 17.1 Å². The number of nitrogens with one attached hydrogen (secondary N) is 1. The maximum absolute atomic E-state index is 12.6. The highest BCUT2D eigenvalue weighted by molar-refractivity contribution is 6.52. The van der Waals surface area contributed by atoms with Crippen LogP contribution in [-0.2, 0) is 4.79 Å². The molecule has 0 aromatic heterocycles. The van der Waals surface area contributed by atoms with Crippen molar-refractivity contribution in [2.45, 2.75) is 0 Å². The van der Waals surface area contributed by atoms with Crippen molar-refractivity contribution in [1.29, 1.82) is 0 Å². The third-order valence-corrected chi connectivity index (χ3v) is 3.64. The van der Waals surface area contributed by atoms with Crippen LogP contribution in [0.2, 0.25) is 0 Å². The molecular formula is C22H16N4O. The zero-order valence-electron chi connectivity index (χ0n) is 19.9. The Morgan fingerprint density at radius 2 is 1.52 bits per heavy atom. The van der Waals surface area contributed by atoms with Gasteiger partial charge in [0.25, 0.3) is 0 Å². The standard InChI is InChI=1S/C22H16N4O/c27-21-15-10-16-6-4-5-9-20(16)22(21)26-25-19-13-11-18(12-14-19)24-23-17-7-2-1-3-8-17/h1-15,25H/b24-23?,26-22+/i4D,5D,6D,9D,10D,15D. The van der Waals surface area contributed by atoms with E-state index >= 15 is 0 Å². The molecule has 1 aliphatic rings. The summed E-state index contributed by atoms with van der Waals surface area (Å²) in [5.74, 6) is -0.904. The third kappa shape index (κ3) is 3.88. The summed E-state index contributed by atoms with van der Waals surface area (Å²) in [6.07, 6.45) is 0. The topological polar surface area (TPSA) is 66.2 Å². The van der Waals surface area contributed by atoms with Gasteiger partial charge in [-0.2, -0.15) is 15.3 Å². The Hall–Kier alpha value is -3.86. The third-order valence-electron chi connectivity index (χ3n) is 3.64. The largest absolute Gasteiger partial charge is 0.287 e.